The van der Waals surface area contributed by atoms with E-state index in [0.29, 0.717) is 19.6 Å². The van der Waals surface area contributed by atoms with Crippen molar-refractivity contribution in [3.8, 4) is 0 Å². The normalized spacial score (nSPS) is 19.6. The van der Waals surface area contributed by atoms with Crippen LogP contribution in [-0.4, -0.2) is 47.4 Å². The Morgan fingerprint density at radius 3 is 2.83 bits per heavy atom. The van der Waals surface area contributed by atoms with Crippen molar-refractivity contribution < 1.29 is 9.59 Å². The fourth-order valence-electron chi connectivity index (χ4n) is 2.03. The van der Waals surface area contributed by atoms with Crippen molar-refractivity contribution in [3.63, 3.8) is 0 Å². The number of carbonyl (C=O) groups is 2. The van der Waals surface area contributed by atoms with Crippen LogP contribution in [0, 0.1) is 0 Å². The van der Waals surface area contributed by atoms with Gasteiger partial charge in [0.25, 0.3) is 0 Å². The van der Waals surface area contributed by atoms with Gasteiger partial charge in [0.05, 0.1) is 6.42 Å². The molecule has 2 amide bonds. The highest BCUT2D eigenvalue weighted by Crippen LogP contribution is 2.07. The van der Waals surface area contributed by atoms with Crippen molar-refractivity contribution in [2.24, 2.45) is 5.73 Å². The van der Waals surface area contributed by atoms with Crippen molar-refractivity contribution in [2.45, 2.75) is 12.5 Å². The number of aromatic nitrogens is 1. The molecule has 0 bridgehead atoms. The summed E-state index contributed by atoms with van der Waals surface area (Å²) in [4.78, 5) is 28.9. The fraction of sp³-hybridized carbons (Fsp3) is 0.417. The van der Waals surface area contributed by atoms with Crippen molar-refractivity contribution in [1.29, 1.82) is 0 Å². The Morgan fingerprint density at radius 1 is 1.44 bits per heavy atom. The van der Waals surface area contributed by atoms with Gasteiger partial charge in [0, 0.05) is 32.0 Å². The average Bonchev–Trinajstić information content (AvgIpc) is 2.40. The first-order valence-corrected chi connectivity index (χ1v) is 5.87. The highest BCUT2D eigenvalue weighted by Gasteiger charge is 2.30. The minimum Gasteiger partial charge on any atom is -0.368 e. The van der Waals surface area contributed by atoms with Gasteiger partial charge in [-0.15, -0.1) is 0 Å². The van der Waals surface area contributed by atoms with Crippen molar-refractivity contribution in [2.75, 3.05) is 19.6 Å². The number of nitrogens with two attached hydrogens (primary N) is 1. The van der Waals surface area contributed by atoms with E-state index in [-0.39, 0.29) is 12.3 Å². The van der Waals surface area contributed by atoms with Crippen LogP contribution in [0.25, 0.3) is 0 Å². The Bertz CT molecular complexity index is 435. The van der Waals surface area contributed by atoms with E-state index in [9.17, 15) is 9.59 Å². The second-order valence-corrected chi connectivity index (χ2v) is 4.24. The van der Waals surface area contributed by atoms with Gasteiger partial charge < -0.3 is 16.0 Å². The van der Waals surface area contributed by atoms with Crippen LogP contribution in [0.5, 0.6) is 0 Å². The zero-order valence-electron chi connectivity index (χ0n) is 10.0. The molecule has 0 saturated carbocycles. The van der Waals surface area contributed by atoms with Crippen LogP contribution in [-0.2, 0) is 16.0 Å². The van der Waals surface area contributed by atoms with Crippen molar-refractivity contribution >= 4 is 11.8 Å². The van der Waals surface area contributed by atoms with Crippen molar-refractivity contribution in [1.82, 2.24) is 15.2 Å². The lowest BCUT2D eigenvalue weighted by atomic mass is 10.1. The van der Waals surface area contributed by atoms with E-state index in [1.807, 2.05) is 0 Å². The number of carbonyl (C=O) groups excluding carboxylic acids is 2. The predicted molar refractivity (Wildman–Crippen MR) is 65.5 cm³/mol. The lowest BCUT2D eigenvalue weighted by molar-refractivity contribution is -0.139. The summed E-state index contributed by atoms with van der Waals surface area (Å²) in [6.45, 7) is 1.63. The van der Waals surface area contributed by atoms with Gasteiger partial charge in [-0.1, -0.05) is 0 Å². The summed E-state index contributed by atoms with van der Waals surface area (Å²) >= 11 is 0. The van der Waals surface area contributed by atoms with Crippen LogP contribution < -0.4 is 11.1 Å². The molecule has 1 aliphatic rings. The van der Waals surface area contributed by atoms with E-state index in [4.69, 9.17) is 5.73 Å². The Balaban J connectivity index is 2.05. The number of amides is 2. The lowest BCUT2D eigenvalue weighted by Gasteiger charge is -2.34. The second kappa shape index (κ2) is 5.59. The first-order valence-electron chi connectivity index (χ1n) is 5.87. The van der Waals surface area contributed by atoms with E-state index >= 15 is 0 Å². The third kappa shape index (κ3) is 2.84. The Hall–Kier alpha value is -1.95. The van der Waals surface area contributed by atoms with Crippen LogP contribution in [0.3, 0.4) is 0 Å². The fourth-order valence-corrected chi connectivity index (χ4v) is 2.03. The van der Waals surface area contributed by atoms with Crippen LogP contribution in [0.15, 0.2) is 24.5 Å². The molecule has 6 nitrogen and oxygen atoms in total. The molecule has 2 heterocycles. The molecule has 0 aliphatic carbocycles. The van der Waals surface area contributed by atoms with Gasteiger partial charge in [-0.25, -0.2) is 0 Å². The molecule has 1 unspecified atom stereocenters. The van der Waals surface area contributed by atoms with E-state index in [1.54, 1.807) is 29.4 Å². The maximum absolute atomic E-state index is 12.2. The standard InChI is InChI=1S/C12H16N4O2/c13-12(18)10-8-15-5-6-16(10)11(17)7-9-1-3-14-4-2-9/h1-4,10,15H,5-8H2,(H2,13,18). The van der Waals surface area contributed by atoms with E-state index < -0.39 is 11.9 Å². The topological polar surface area (TPSA) is 88.3 Å². The summed E-state index contributed by atoms with van der Waals surface area (Å²) in [5.74, 6) is -0.545. The Kier molecular flexibility index (Phi) is 3.88. The first-order chi connectivity index (χ1) is 8.68. The van der Waals surface area contributed by atoms with Gasteiger partial charge in [0.15, 0.2) is 0 Å². The molecule has 1 aromatic heterocycles. The van der Waals surface area contributed by atoms with Crippen LogP contribution in [0.4, 0.5) is 0 Å². The third-order valence-electron chi connectivity index (χ3n) is 3.00. The van der Waals surface area contributed by atoms with Crippen LogP contribution >= 0.6 is 0 Å². The van der Waals surface area contributed by atoms with Gasteiger partial charge in [-0.05, 0) is 17.7 Å². The molecule has 1 atom stereocenters. The molecule has 0 radical (unpaired) electrons. The number of piperazine rings is 1. The summed E-state index contributed by atoms with van der Waals surface area (Å²) in [5.41, 5.74) is 6.19. The van der Waals surface area contributed by atoms with E-state index in [0.717, 1.165) is 5.56 Å². The number of primary amides is 1. The van der Waals surface area contributed by atoms with Gasteiger partial charge in [-0.3, -0.25) is 14.6 Å². The molecule has 0 aromatic carbocycles. The molecule has 0 spiro atoms. The maximum Gasteiger partial charge on any atom is 0.241 e. The maximum atomic E-state index is 12.2. The summed E-state index contributed by atoms with van der Waals surface area (Å²) in [5, 5.41) is 3.06. The quantitative estimate of drug-likeness (QED) is 0.711. The lowest BCUT2D eigenvalue weighted by Crippen LogP contribution is -2.59. The molecule has 18 heavy (non-hydrogen) atoms. The number of hydrogen-bond donors (Lipinski definition) is 2. The molecule has 6 heteroatoms. The molecule has 1 fully saturated rings. The zero-order chi connectivity index (χ0) is 13.0. The summed E-state index contributed by atoms with van der Waals surface area (Å²) in [6, 6.07) is 3.03. The average molecular weight is 248 g/mol. The number of hydrogen-bond acceptors (Lipinski definition) is 4. The summed E-state index contributed by atoms with van der Waals surface area (Å²) < 4.78 is 0. The highest BCUT2D eigenvalue weighted by molar-refractivity contribution is 5.88. The molecule has 1 aromatic rings. The van der Waals surface area contributed by atoms with Gasteiger partial charge in [0.2, 0.25) is 11.8 Å². The largest absolute Gasteiger partial charge is 0.368 e. The molecule has 96 valence electrons. The van der Waals surface area contributed by atoms with Crippen LogP contribution in [0.2, 0.25) is 0 Å². The highest BCUT2D eigenvalue weighted by atomic mass is 16.2. The van der Waals surface area contributed by atoms with E-state index in [2.05, 4.69) is 10.3 Å². The van der Waals surface area contributed by atoms with Crippen LogP contribution in [0.1, 0.15) is 5.56 Å². The number of pyridine rings is 1. The van der Waals surface area contributed by atoms with Gasteiger partial charge in [0.1, 0.15) is 6.04 Å². The minimum atomic E-state index is -0.548. The smallest absolute Gasteiger partial charge is 0.241 e. The molecular weight excluding hydrogens is 232 g/mol. The second-order valence-electron chi connectivity index (χ2n) is 4.24. The molecular formula is C12H16N4O2. The molecule has 1 aliphatic heterocycles. The number of nitrogens with zero attached hydrogens (tertiary/aromatic N) is 2. The number of rotatable bonds is 3. The molecule has 3 N–H and O–H groups in total. The predicted octanol–water partition coefficient (Wildman–Crippen LogP) is -1.09. The first kappa shape index (κ1) is 12.5. The monoisotopic (exact) mass is 248 g/mol. The SMILES string of the molecule is NC(=O)C1CNCCN1C(=O)Cc1ccncc1. The van der Waals surface area contributed by atoms with Gasteiger partial charge in [-0.2, -0.15) is 0 Å². The van der Waals surface area contributed by atoms with Crippen molar-refractivity contribution in [3.05, 3.63) is 30.1 Å². The minimum absolute atomic E-state index is 0.0773. The molecule has 2 rings (SSSR count). The Morgan fingerprint density at radius 2 is 2.17 bits per heavy atom. The summed E-state index contributed by atoms with van der Waals surface area (Å²) in [6.07, 6.45) is 3.56. The zero-order valence-corrected chi connectivity index (χ0v) is 10.0. The third-order valence-corrected chi connectivity index (χ3v) is 3.00. The van der Waals surface area contributed by atoms with E-state index in [1.165, 1.54) is 0 Å². The van der Waals surface area contributed by atoms with Gasteiger partial charge >= 0.3 is 0 Å². The summed E-state index contributed by atoms with van der Waals surface area (Å²) in [7, 11) is 0. The Labute approximate surface area is 105 Å². The number of nitrogens with one attached hydrogen (secondary N) is 1. The molecule has 1 saturated heterocycles.